The van der Waals surface area contributed by atoms with Crippen molar-refractivity contribution in [2.24, 2.45) is 5.92 Å². The van der Waals surface area contributed by atoms with Gasteiger partial charge in [0.2, 0.25) is 0 Å². The first-order valence-corrected chi connectivity index (χ1v) is 6.80. The van der Waals surface area contributed by atoms with Gasteiger partial charge in [-0.1, -0.05) is 11.6 Å². The van der Waals surface area contributed by atoms with E-state index in [1.165, 1.54) is 31.5 Å². The van der Waals surface area contributed by atoms with E-state index < -0.39 is 0 Å². The van der Waals surface area contributed by atoms with Crippen molar-refractivity contribution in [1.82, 2.24) is 10.2 Å². The zero-order chi connectivity index (χ0) is 12.5. The molecule has 1 fully saturated rings. The van der Waals surface area contributed by atoms with Crippen LogP contribution in [0.25, 0.3) is 0 Å². The molecule has 17 heavy (non-hydrogen) atoms. The molecule has 1 saturated heterocycles. The lowest BCUT2D eigenvalue weighted by atomic mass is 9.98. The maximum Gasteiger partial charge on any atom is 0.0589 e. The maximum atomic E-state index is 5.14. The Balaban J connectivity index is 2.16. The van der Waals surface area contributed by atoms with E-state index in [-0.39, 0.29) is 0 Å². The molecular weight excluding hydrogens is 212 g/mol. The minimum absolute atomic E-state index is 0.810. The zero-order valence-electron chi connectivity index (χ0n) is 11.7. The Morgan fingerprint density at radius 1 is 1.53 bits per heavy atom. The van der Waals surface area contributed by atoms with Gasteiger partial charge in [0.15, 0.2) is 0 Å². The normalized spacial score (nSPS) is 23.0. The van der Waals surface area contributed by atoms with Crippen LogP contribution in [0.3, 0.4) is 0 Å². The molecule has 1 atom stereocenters. The van der Waals surface area contributed by atoms with E-state index in [4.69, 9.17) is 4.74 Å². The summed E-state index contributed by atoms with van der Waals surface area (Å²) < 4.78 is 5.14. The van der Waals surface area contributed by atoms with Gasteiger partial charge in [0.1, 0.15) is 0 Å². The Bertz CT molecular complexity index is 228. The number of nitrogens with one attached hydrogen (secondary N) is 1. The van der Waals surface area contributed by atoms with Crippen molar-refractivity contribution in [2.45, 2.75) is 26.7 Å². The summed E-state index contributed by atoms with van der Waals surface area (Å²) >= 11 is 0. The molecule has 100 valence electrons. The van der Waals surface area contributed by atoms with Crippen molar-refractivity contribution in [1.29, 1.82) is 0 Å². The summed E-state index contributed by atoms with van der Waals surface area (Å²) in [4.78, 5) is 2.53. The van der Waals surface area contributed by atoms with Crippen LogP contribution >= 0.6 is 0 Å². The summed E-state index contributed by atoms with van der Waals surface area (Å²) in [5.74, 6) is 0.810. The Morgan fingerprint density at radius 2 is 2.35 bits per heavy atom. The molecule has 1 aliphatic heterocycles. The van der Waals surface area contributed by atoms with Gasteiger partial charge >= 0.3 is 0 Å². The number of hydrogen-bond acceptors (Lipinski definition) is 3. The lowest BCUT2D eigenvalue weighted by Crippen LogP contribution is -2.41. The summed E-state index contributed by atoms with van der Waals surface area (Å²) in [5, 5.41) is 3.56. The smallest absolute Gasteiger partial charge is 0.0589 e. The van der Waals surface area contributed by atoms with Crippen molar-refractivity contribution in [2.75, 3.05) is 46.4 Å². The van der Waals surface area contributed by atoms with Gasteiger partial charge in [-0.2, -0.15) is 0 Å². The molecule has 0 aromatic rings. The summed E-state index contributed by atoms with van der Waals surface area (Å²) in [6.45, 7) is 10.9. The first-order chi connectivity index (χ1) is 8.26. The average Bonchev–Trinajstić information content (AvgIpc) is 2.36. The number of methoxy groups -OCH3 is 1. The van der Waals surface area contributed by atoms with Crippen LogP contribution in [0.5, 0.6) is 0 Å². The highest BCUT2D eigenvalue weighted by Crippen LogP contribution is 2.15. The molecule has 0 spiro atoms. The molecule has 0 radical (unpaired) electrons. The molecule has 0 amide bonds. The van der Waals surface area contributed by atoms with Crippen LogP contribution in [0.1, 0.15) is 26.7 Å². The first kappa shape index (κ1) is 14.7. The lowest BCUT2D eigenvalue weighted by Gasteiger charge is -2.32. The van der Waals surface area contributed by atoms with E-state index in [1.54, 1.807) is 7.11 Å². The number of nitrogens with zero attached hydrogens (tertiary/aromatic N) is 1. The Hall–Kier alpha value is -0.380. The second-order valence-corrected chi connectivity index (χ2v) is 5.07. The molecule has 0 saturated carbocycles. The van der Waals surface area contributed by atoms with Gasteiger partial charge in [0.05, 0.1) is 6.61 Å². The molecule has 1 aliphatic rings. The minimum atomic E-state index is 0.810. The predicted octanol–water partition coefficient (Wildman–Crippen LogP) is 1.90. The molecule has 0 aliphatic carbocycles. The van der Waals surface area contributed by atoms with Gasteiger partial charge in [-0.05, 0) is 45.7 Å². The molecule has 3 heteroatoms. The van der Waals surface area contributed by atoms with Crippen molar-refractivity contribution in [3.8, 4) is 0 Å². The number of likely N-dealkylation sites (tertiary alicyclic amines) is 1. The first-order valence-electron chi connectivity index (χ1n) is 6.80. The molecule has 0 aromatic carbocycles. The third kappa shape index (κ3) is 6.20. The number of ether oxygens (including phenoxy) is 1. The molecule has 1 unspecified atom stereocenters. The fraction of sp³-hybridized carbons (Fsp3) is 0.857. The average molecular weight is 240 g/mol. The summed E-state index contributed by atoms with van der Waals surface area (Å²) in [6.07, 6.45) is 4.88. The van der Waals surface area contributed by atoms with Gasteiger partial charge in [-0.3, -0.25) is 0 Å². The van der Waals surface area contributed by atoms with Crippen molar-refractivity contribution in [3.63, 3.8) is 0 Å². The monoisotopic (exact) mass is 240 g/mol. The van der Waals surface area contributed by atoms with Gasteiger partial charge < -0.3 is 15.0 Å². The van der Waals surface area contributed by atoms with Gasteiger partial charge in [0.25, 0.3) is 0 Å². The zero-order valence-corrected chi connectivity index (χ0v) is 11.7. The van der Waals surface area contributed by atoms with Gasteiger partial charge in [0, 0.05) is 26.7 Å². The van der Waals surface area contributed by atoms with Crippen LogP contribution in [0.15, 0.2) is 11.6 Å². The van der Waals surface area contributed by atoms with Crippen LogP contribution in [-0.2, 0) is 4.74 Å². The molecule has 0 aromatic heterocycles. The molecule has 1 rings (SSSR count). The third-order valence-electron chi connectivity index (χ3n) is 3.54. The highest BCUT2D eigenvalue weighted by molar-refractivity contribution is 4.97. The molecule has 3 nitrogen and oxygen atoms in total. The Kier molecular flexibility index (Phi) is 7.49. The van der Waals surface area contributed by atoms with Crippen molar-refractivity contribution in [3.05, 3.63) is 11.6 Å². The fourth-order valence-corrected chi connectivity index (χ4v) is 2.32. The molecule has 1 N–H and O–H groups in total. The van der Waals surface area contributed by atoms with E-state index in [0.29, 0.717) is 0 Å². The highest BCUT2D eigenvalue weighted by Gasteiger charge is 2.18. The minimum Gasteiger partial charge on any atom is -0.383 e. The number of rotatable bonds is 7. The SMILES string of the molecule is C/C=C(\C)CNCC1CCCN(CCOC)C1. The van der Waals surface area contributed by atoms with E-state index in [0.717, 1.165) is 32.2 Å². The standard InChI is InChI=1S/C14H28N2O/c1-4-13(2)10-15-11-14-6-5-7-16(12-14)8-9-17-3/h4,14-15H,5-12H2,1-3H3/b13-4+. The van der Waals surface area contributed by atoms with Gasteiger partial charge in [-0.15, -0.1) is 0 Å². The molecule has 0 bridgehead atoms. The summed E-state index contributed by atoms with van der Waals surface area (Å²) in [5.41, 5.74) is 1.43. The van der Waals surface area contributed by atoms with E-state index in [9.17, 15) is 0 Å². The Labute approximate surface area is 106 Å². The quantitative estimate of drug-likeness (QED) is 0.688. The fourth-order valence-electron chi connectivity index (χ4n) is 2.32. The predicted molar refractivity (Wildman–Crippen MR) is 73.3 cm³/mol. The van der Waals surface area contributed by atoms with Crippen LogP contribution in [0, 0.1) is 5.92 Å². The highest BCUT2D eigenvalue weighted by atomic mass is 16.5. The second-order valence-electron chi connectivity index (χ2n) is 5.07. The summed E-state index contributed by atoms with van der Waals surface area (Å²) in [7, 11) is 1.78. The van der Waals surface area contributed by atoms with Crippen LogP contribution < -0.4 is 5.32 Å². The van der Waals surface area contributed by atoms with Crippen molar-refractivity contribution >= 4 is 0 Å². The van der Waals surface area contributed by atoms with E-state index in [2.05, 4.69) is 30.1 Å². The largest absolute Gasteiger partial charge is 0.383 e. The van der Waals surface area contributed by atoms with Crippen LogP contribution in [-0.4, -0.2) is 51.3 Å². The second kappa shape index (κ2) is 8.67. The topological polar surface area (TPSA) is 24.5 Å². The van der Waals surface area contributed by atoms with E-state index in [1.807, 2.05) is 0 Å². The van der Waals surface area contributed by atoms with Crippen molar-refractivity contribution < 1.29 is 4.74 Å². The number of hydrogen-bond donors (Lipinski definition) is 1. The molecular formula is C14H28N2O. The van der Waals surface area contributed by atoms with Gasteiger partial charge in [-0.25, -0.2) is 0 Å². The number of allylic oxidation sites excluding steroid dienone is 1. The van der Waals surface area contributed by atoms with Crippen LogP contribution in [0.4, 0.5) is 0 Å². The van der Waals surface area contributed by atoms with Crippen LogP contribution in [0.2, 0.25) is 0 Å². The van der Waals surface area contributed by atoms with E-state index >= 15 is 0 Å². The Morgan fingerprint density at radius 3 is 3.06 bits per heavy atom. The lowest BCUT2D eigenvalue weighted by molar-refractivity contribution is 0.114. The molecule has 1 heterocycles. The third-order valence-corrected chi connectivity index (χ3v) is 3.54. The summed E-state index contributed by atoms with van der Waals surface area (Å²) in [6, 6.07) is 0. The maximum absolute atomic E-state index is 5.14. The number of piperidine rings is 1.